The average Bonchev–Trinajstić information content (AvgIpc) is 2.84. The standard InChI is InChI=1S/C15H16N2O2S/c18-20(19)13-2-1-3-14(20)9-12(8-13)11-4-5-15-16-6-7-17(15)10-11/h4-8,10,13-14H,1-3,9H2. The van der Waals surface area contributed by atoms with Crippen LogP contribution in [0.15, 0.2) is 36.8 Å². The van der Waals surface area contributed by atoms with Gasteiger partial charge < -0.3 is 4.40 Å². The summed E-state index contributed by atoms with van der Waals surface area (Å²) in [6, 6.07) is 4.02. The highest BCUT2D eigenvalue weighted by Gasteiger charge is 2.40. The van der Waals surface area contributed by atoms with E-state index in [-0.39, 0.29) is 10.5 Å². The van der Waals surface area contributed by atoms with Crippen LogP contribution in [-0.4, -0.2) is 28.3 Å². The summed E-state index contributed by atoms with van der Waals surface area (Å²) in [5.41, 5.74) is 3.20. The van der Waals surface area contributed by atoms with Crippen LogP contribution in [0.4, 0.5) is 0 Å². The molecular formula is C15H16N2O2S. The Hall–Kier alpha value is -1.62. The van der Waals surface area contributed by atoms with Gasteiger partial charge in [-0.1, -0.05) is 12.5 Å². The van der Waals surface area contributed by atoms with Crippen molar-refractivity contribution in [2.45, 2.75) is 36.2 Å². The van der Waals surface area contributed by atoms with Crippen molar-refractivity contribution in [2.24, 2.45) is 0 Å². The molecule has 2 aliphatic rings. The SMILES string of the molecule is O=S1(=O)C2C=C(c3ccc4nccn4c3)CC1CCC2. The molecule has 0 aromatic carbocycles. The fourth-order valence-electron chi connectivity index (χ4n) is 3.38. The number of hydrogen-bond acceptors (Lipinski definition) is 3. The molecule has 0 spiro atoms. The lowest BCUT2D eigenvalue weighted by Crippen LogP contribution is -2.38. The fourth-order valence-corrected chi connectivity index (χ4v) is 5.63. The van der Waals surface area contributed by atoms with Crippen LogP contribution in [0.2, 0.25) is 0 Å². The summed E-state index contributed by atoms with van der Waals surface area (Å²) in [7, 11) is -2.93. The lowest BCUT2D eigenvalue weighted by molar-refractivity contribution is 0.518. The van der Waals surface area contributed by atoms with Gasteiger partial charge in [0, 0.05) is 18.6 Å². The highest BCUT2D eigenvalue weighted by atomic mass is 32.2. The van der Waals surface area contributed by atoms with Crippen LogP contribution in [-0.2, 0) is 9.84 Å². The van der Waals surface area contributed by atoms with Gasteiger partial charge in [-0.15, -0.1) is 0 Å². The van der Waals surface area contributed by atoms with Gasteiger partial charge in [0.2, 0.25) is 0 Å². The number of hydrogen-bond donors (Lipinski definition) is 0. The summed E-state index contributed by atoms with van der Waals surface area (Å²) in [6.45, 7) is 0. The topological polar surface area (TPSA) is 51.4 Å². The average molecular weight is 288 g/mol. The van der Waals surface area contributed by atoms with Crippen molar-refractivity contribution in [3.8, 4) is 0 Å². The van der Waals surface area contributed by atoms with E-state index in [9.17, 15) is 8.42 Å². The van der Waals surface area contributed by atoms with Crippen molar-refractivity contribution < 1.29 is 8.42 Å². The molecule has 4 heterocycles. The molecule has 2 aromatic heterocycles. The second kappa shape index (κ2) is 4.19. The summed E-state index contributed by atoms with van der Waals surface area (Å²) in [5, 5.41) is -0.455. The van der Waals surface area contributed by atoms with Crippen LogP contribution in [0.5, 0.6) is 0 Å². The van der Waals surface area contributed by atoms with Crippen molar-refractivity contribution in [2.75, 3.05) is 0 Å². The highest BCUT2D eigenvalue weighted by Crippen LogP contribution is 2.39. The number of pyridine rings is 1. The minimum Gasteiger partial charge on any atom is -0.307 e. The lowest BCUT2D eigenvalue weighted by atomic mass is 9.94. The Morgan fingerprint density at radius 3 is 3.00 bits per heavy atom. The van der Waals surface area contributed by atoms with Gasteiger partial charge in [-0.3, -0.25) is 0 Å². The van der Waals surface area contributed by atoms with Crippen LogP contribution in [0.25, 0.3) is 11.2 Å². The summed E-state index contributed by atoms with van der Waals surface area (Å²) in [6.07, 6.45) is 11.0. The Labute approximate surface area is 118 Å². The number of aromatic nitrogens is 2. The quantitative estimate of drug-likeness (QED) is 0.810. The van der Waals surface area contributed by atoms with Gasteiger partial charge in [0.1, 0.15) is 5.65 Å². The Balaban J connectivity index is 1.80. The van der Waals surface area contributed by atoms with Crippen LogP contribution in [0, 0.1) is 0 Å². The Morgan fingerprint density at radius 1 is 1.25 bits per heavy atom. The molecule has 4 nitrogen and oxygen atoms in total. The van der Waals surface area contributed by atoms with Crippen molar-refractivity contribution in [1.82, 2.24) is 9.38 Å². The van der Waals surface area contributed by atoms with E-state index in [1.54, 1.807) is 6.20 Å². The predicted molar refractivity (Wildman–Crippen MR) is 78.1 cm³/mol. The lowest BCUT2D eigenvalue weighted by Gasteiger charge is -2.33. The zero-order valence-corrected chi connectivity index (χ0v) is 11.9. The molecule has 2 bridgehead atoms. The third-order valence-corrected chi connectivity index (χ3v) is 7.04. The molecule has 2 aliphatic heterocycles. The largest absolute Gasteiger partial charge is 0.307 e. The summed E-state index contributed by atoms with van der Waals surface area (Å²) >= 11 is 0. The first-order valence-corrected chi connectivity index (χ1v) is 8.62. The van der Waals surface area contributed by atoms with Gasteiger partial charge in [-0.2, -0.15) is 0 Å². The zero-order chi connectivity index (χ0) is 13.7. The third-order valence-electron chi connectivity index (χ3n) is 4.50. The summed E-state index contributed by atoms with van der Waals surface area (Å²) in [5.74, 6) is 0. The monoisotopic (exact) mass is 288 g/mol. The zero-order valence-electron chi connectivity index (χ0n) is 11.1. The van der Waals surface area contributed by atoms with Gasteiger partial charge in [-0.05, 0) is 42.5 Å². The molecule has 0 radical (unpaired) electrons. The number of nitrogens with zero attached hydrogens (tertiary/aromatic N) is 2. The summed E-state index contributed by atoms with van der Waals surface area (Å²) in [4.78, 5) is 4.23. The molecule has 1 saturated heterocycles. The number of fused-ring (bicyclic) bond motifs is 3. The molecule has 2 unspecified atom stereocenters. The van der Waals surface area contributed by atoms with E-state index in [2.05, 4.69) is 4.98 Å². The van der Waals surface area contributed by atoms with Crippen LogP contribution < -0.4 is 0 Å². The summed E-state index contributed by atoms with van der Waals surface area (Å²) < 4.78 is 26.5. The first-order valence-electron chi connectivity index (χ1n) is 7.01. The van der Waals surface area contributed by atoms with Crippen LogP contribution in [0.3, 0.4) is 0 Å². The molecule has 0 amide bonds. The second-order valence-electron chi connectivity index (χ2n) is 5.69. The molecule has 5 heteroatoms. The Kier molecular flexibility index (Phi) is 2.54. The van der Waals surface area contributed by atoms with Gasteiger partial charge >= 0.3 is 0 Å². The van der Waals surface area contributed by atoms with E-state index in [0.29, 0.717) is 6.42 Å². The molecule has 0 aliphatic carbocycles. The molecule has 2 atom stereocenters. The van der Waals surface area contributed by atoms with E-state index in [1.807, 2.05) is 35.0 Å². The maximum atomic E-state index is 12.3. The van der Waals surface area contributed by atoms with Gasteiger partial charge in [0.25, 0.3) is 0 Å². The predicted octanol–water partition coefficient (Wildman–Crippen LogP) is 2.46. The number of imidazole rings is 1. The second-order valence-corrected chi connectivity index (χ2v) is 8.14. The number of rotatable bonds is 1. The number of allylic oxidation sites excluding steroid dienone is 1. The van der Waals surface area contributed by atoms with E-state index in [0.717, 1.165) is 30.5 Å². The first kappa shape index (κ1) is 12.1. The van der Waals surface area contributed by atoms with E-state index in [4.69, 9.17) is 0 Å². The fraction of sp³-hybridized carbons (Fsp3) is 0.400. The molecule has 1 fully saturated rings. The molecule has 2 aromatic rings. The first-order chi connectivity index (χ1) is 9.64. The third kappa shape index (κ3) is 1.73. The number of sulfone groups is 1. The van der Waals surface area contributed by atoms with Crippen LogP contribution >= 0.6 is 0 Å². The minimum atomic E-state index is -2.93. The van der Waals surface area contributed by atoms with Crippen molar-refractivity contribution in [3.05, 3.63) is 42.4 Å². The molecule has 0 N–H and O–H groups in total. The molecular weight excluding hydrogens is 272 g/mol. The molecule has 0 saturated carbocycles. The Bertz CT molecular complexity index is 804. The van der Waals surface area contributed by atoms with Crippen molar-refractivity contribution >= 4 is 21.1 Å². The van der Waals surface area contributed by atoms with E-state index >= 15 is 0 Å². The Morgan fingerprint density at radius 2 is 2.15 bits per heavy atom. The van der Waals surface area contributed by atoms with Crippen LogP contribution in [0.1, 0.15) is 31.2 Å². The van der Waals surface area contributed by atoms with Crippen molar-refractivity contribution in [1.29, 1.82) is 0 Å². The van der Waals surface area contributed by atoms with Crippen molar-refractivity contribution in [3.63, 3.8) is 0 Å². The van der Waals surface area contributed by atoms with Gasteiger partial charge in [0.15, 0.2) is 9.84 Å². The normalized spacial score (nSPS) is 28.3. The minimum absolute atomic E-state index is 0.181. The van der Waals surface area contributed by atoms with E-state index in [1.165, 1.54) is 5.57 Å². The van der Waals surface area contributed by atoms with Gasteiger partial charge in [0.05, 0.1) is 10.5 Å². The maximum absolute atomic E-state index is 12.3. The smallest absolute Gasteiger partial charge is 0.159 e. The molecule has 4 rings (SSSR count). The van der Waals surface area contributed by atoms with E-state index < -0.39 is 9.84 Å². The molecule has 20 heavy (non-hydrogen) atoms. The highest BCUT2D eigenvalue weighted by molar-refractivity contribution is 7.93. The molecule has 104 valence electrons. The maximum Gasteiger partial charge on any atom is 0.159 e. The van der Waals surface area contributed by atoms with Gasteiger partial charge in [-0.25, -0.2) is 13.4 Å².